The summed E-state index contributed by atoms with van der Waals surface area (Å²) in [6.45, 7) is 3.49. The molecule has 1 saturated heterocycles. The number of carbonyl (C=O) groups is 1. The first-order valence-electron chi connectivity index (χ1n) is 7.27. The molecule has 0 bridgehead atoms. The van der Waals surface area contributed by atoms with Crippen molar-refractivity contribution in [2.75, 3.05) is 33.2 Å². The van der Waals surface area contributed by atoms with E-state index in [1.54, 1.807) is 11.1 Å². The van der Waals surface area contributed by atoms with Gasteiger partial charge in [-0.25, -0.2) is 0 Å². The summed E-state index contributed by atoms with van der Waals surface area (Å²) in [7, 11) is 1.84. The zero-order valence-electron chi connectivity index (χ0n) is 12.1. The lowest BCUT2D eigenvalue weighted by atomic mass is 10.1. The second kappa shape index (κ2) is 7.40. The fourth-order valence-corrected chi connectivity index (χ4v) is 2.51. The Bertz CT molecular complexity index is 407. The fourth-order valence-electron chi connectivity index (χ4n) is 2.51. The van der Waals surface area contributed by atoms with Gasteiger partial charge in [0.2, 0.25) is 5.91 Å². The molecule has 1 aliphatic rings. The monoisotopic (exact) mass is 280 g/mol. The highest BCUT2D eigenvalue weighted by Gasteiger charge is 2.20. The molecule has 1 atom stereocenters. The second-order valence-corrected chi connectivity index (χ2v) is 5.47. The van der Waals surface area contributed by atoms with Crippen LogP contribution < -0.4 is 0 Å². The van der Waals surface area contributed by atoms with E-state index in [2.05, 4.69) is 5.10 Å². The number of nitrogens with zero attached hydrogens (tertiary/aromatic N) is 4. The van der Waals surface area contributed by atoms with Crippen molar-refractivity contribution in [3.63, 3.8) is 0 Å². The minimum absolute atomic E-state index is 0.125. The van der Waals surface area contributed by atoms with Gasteiger partial charge in [-0.15, -0.1) is 0 Å². The Kier molecular flexibility index (Phi) is 5.55. The number of piperidine rings is 1. The summed E-state index contributed by atoms with van der Waals surface area (Å²) in [6.07, 6.45) is 6.13. The van der Waals surface area contributed by atoms with Crippen molar-refractivity contribution in [2.24, 2.45) is 0 Å². The van der Waals surface area contributed by atoms with Crippen LogP contribution in [0.1, 0.15) is 19.3 Å². The summed E-state index contributed by atoms with van der Waals surface area (Å²) in [5.41, 5.74) is 0. The van der Waals surface area contributed by atoms with Gasteiger partial charge in [-0.1, -0.05) is 0 Å². The van der Waals surface area contributed by atoms with Crippen LogP contribution >= 0.6 is 0 Å². The van der Waals surface area contributed by atoms with Crippen molar-refractivity contribution in [3.8, 4) is 0 Å². The Morgan fingerprint density at radius 3 is 3.10 bits per heavy atom. The molecule has 0 aromatic carbocycles. The summed E-state index contributed by atoms with van der Waals surface area (Å²) in [6, 6.07) is 1.90. The summed E-state index contributed by atoms with van der Waals surface area (Å²) >= 11 is 0. The molecule has 20 heavy (non-hydrogen) atoms. The van der Waals surface area contributed by atoms with Crippen LogP contribution in [-0.2, 0) is 11.3 Å². The SMILES string of the molecule is CN(CCCn1cccn1)C(=O)CN1CCC[C@H](O)C1. The number of aromatic nitrogens is 2. The van der Waals surface area contributed by atoms with Crippen molar-refractivity contribution < 1.29 is 9.90 Å². The number of β-amino-alcohol motifs (C(OH)–C–C–N with tert-alkyl or cyclic N) is 1. The van der Waals surface area contributed by atoms with Gasteiger partial charge in [0.15, 0.2) is 0 Å². The number of hydrogen-bond acceptors (Lipinski definition) is 4. The molecular formula is C14H24N4O2. The van der Waals surface area contributed by atoms with Crippen molar-refractivity contribution in [1.29, 1.82) is 0 Å². The zero-order chi connectivity index (χ0) is 14.4. The van der Waals surface area contributed by atoms with Crippen molar-refractivity contribution >= 4 is 5.91 Å². The number of amides is 1. The van der Waals surface area contributed by atoms with E-state index in [9.17, 15) is 9.90 Å². The molecule has 0 spiro atoms. The quantitative estimate of drug-likeness (QED) is 0.808. The van der Waals surface area contributed by atoms with Crippen LogP contribution in [0.25, 0.3) is 0 Å². The molecule has 1 N–H and O–H groups in total. The zero-order valence-corrected chi connectivity index (χ0v) is 12.1. The number of aliphatic hydroxyl groups excluding tert-OH is 1. The maximum atomic E-state index is 12.1. The van der Waals surface area contributed by atoms with Crippen LogP contribution in [-0.4, -0.2) is 69.9 Å². The Morgan fingerprint density at radius 2 is 2.40 bits per heavy atom. The first-order valence-corrected chi connectivity index (χ1v) is 7.27. The van der Waals surface area contributed by atoms with Gasteiger partial charge < -0.3 is 10.0 Å². The summed E-state index contributed by atoms with van der Waals surface area (Å²) in [4.78, 5) is 15.9. The molecule has 0 aliphatic carbocycles. The lowest BCUT2D eigenvalue weighted by Gasteiger charge is -2.30. The highest BCUT2D eigenvalue weighted by atomic mass is 16.3. The normalized spacial score (nSPS) is 20.0. The van der Waals surface area contributed by atoms with E-state index in [4.69, 9.17) is 0 Å². The number of aliphatic hydroxyl groups is 1. The Morgan fingerprint density at radius 1 is 1.55 bits per heavy atom. The molecule has 1 aromatic heterocycles. The highest BCUT2D eigenvalue weighted by molar-refractivity contribution is 5.77. The Hall–Kier alpha value is -1.40. The molecule has 1 amide bonds. The van der Waals surface area contributed by atoms with E-state index in [0.717, 1.165) is 38.9 Å². The highest BCUT2D eigenvalue weighted by Crippen LogP contribution is 2.09. The van der Waals surface area contributed by atoms with Crippen LogP contribution in [0.4, 0.5) is 0 Å². The Balaban J connectivity index is 1.66. The summed E-state index contributed by atoms with van der Waals surface area (Å²) in [5, 5.41) is 13.7. The molecule has 112 valence electrons. The molecule has 0 radical (unpaired) electrons. The number of aryl methyl sites for hydroxylation is 1. The first kappa shape index (κ1) is 15.0. The molecular weight excluding hydrogens is 256 g/mol. The second-order valence-electron chi connectivity index (χ2n) is 5.47. The predicted octanol–water partition coefficient (Wildman–Crippen LogP) is 0.188. The smallest absolute Gasteiger partial charge is 0.236 e. The number of likely N-dealkylation sites (tertiary alicyclic amines) is 1. The van der Waals surface area contributed by atoms with Gasteiger partial charge in [-0.3, -0.25) is 14.4 Å². The van der Waals surface area contributed by atoms with Gasteiger partial charge in [0.05, 0.1) is 12.6 Å². The largest absolute Gasteiger partial charge is 0.392 e. The molecule has 1 aromatic rings. The topological polar surface area (TPSA) is 61.6 Å². The fraction of sp³-hybridized carbons (Fsp3) is 0.714. The van der Waals surface area contributed by atoms with Crippen LogP contribution in [0.2, 0.25) is 0 Å². The lowest BCUT2D eigenvalue weighted by Crippen LogP contribution is -2.44. The maximum absolute atomic E-state index is 12.1. The molecule has 6 heteroatoms. The molecule has 2 heterocycles. The predicted molar refractivity (Wildman–Crippen MR) is 76.2 cm³/mol. The Labute approximate surface area is 120 Å². The van der Waals surface area contributed by atoms with Crippen LogP contribution in [0.15, 0.2) is 18.5 Å². The van der Waals surface area contributed by atoms with Crippen LogP contribution in [0.5, 0.6) is 0 Å². The van der Waals surface area contributed by atoms with Crippen LogP contribution in [0.3, 0.4) is 0 Å². The van der Waals surface area contributed by atoms with Gasteiger partial charge in [-0.05, 0) is 31.9 Å². The average molecular weight is 280 g/mol. The van der Waals surface area contributed by atoms with Gasteiger partial charge in [0, 0.05) is 39.1 Å². The number of likely N-dealkylation sites (N-methyl/N-ethyl adjacent to an activating group) is 1. The molecule has 6 nitrogen and oxygen atoms in total. The van der Waals surface area contributed by atoms with Crippen molar-refractivity contribution in [3.05, 3.63) is 18.5 Å². The van der Waals surface area contributed by atoms with Crippen LogP contribution in [0, 0.1) is 0 Å². The molecule has 1 fully saturated rings. The molecule has 2 rings (SSSR count). The average Bonchev–Trinajstić information content (AvgIpc) is 2.91. The van der Waals surface area contributed by atoms with Gasteiger partial charge in [-0.2, -0.15) is 5.10 Å². The molecule has 0 saturated carbocycles. The minimum atomic E-state index is -0.276. The van der Waals surface area contributed by atoms with E-state index in [0.29, 0.717) is 13.1 Å². The standard InChI is InChI=1S/C14H24N4O2/c1-16(7-4-10-18-9-3-6-15-18)14(20)12-17-8-2-5-13(19)11-17/h3,6,9,13,19H,2,4-5,7-8,10-12H2,1H3/t13-/m0/s1. The number of hydrogen-bond donors (Lipinski definition) is 1. The van der Waals surface area contributed by atoms with E-state index in [-0.39, 0.29) is 12.0 Å². The third kappa shape index (κ3) is 4.61. The minimum Gasteiger partial charge on any atom is -0.392 e. The van der Waals surface area contributed by atoms with E-state index < -0.39 is 0 Å². The third-order valence-electron chi connectivity index (χ3n) is 3.71. The third-order valence-corrected chi connectivity index (χ3v) is 3.71. The van der Waals surface area contributed by atoms with Gasteiger partial charge in [0.25, 0.3) is 0 Å². The number of carbonyl (C=O) groups excluding carboxylic acids is 1. The van der Waals surface area contributed by atoms with Gasteiger partial charge in [0.1, 0.15) is 0 Å². The summed E-state index contributed by atoms with van der Waals surface area (Å²) in [5.74, 6) is 0.125. The number of rotatable bonds is 6. The lowest BCUT2D eigenvalue weighted by molar-refractivity contribution is -0.131. The van der Waals surface area contributed by atoms with E-state index in [1.165, 1.54) is 0 Å². The van der Waals surface area contributed by atoms with E-state index >= 15 is 0 Å². The van der Waals surface area contributed by atoms with Crippen molar-refractivity contribution in [2.45, 2.75) is 31.9 Å². The summed E-state index contributed by atoms with van der Waals surface area (Å²) < 4.78 is 1.87. The molecule has 0 unspecified atom stereocenters. The first-order chi connectivity index (χ1) is 9.65. The molecule has 1 aliphatic heterocycles. The van der Waals surface area contributed by atoms with Gasteiger partial charge >= 0.3 is 0 Å². The van der Waals surface area contributed by atoms with E-state index in [1.807, 2.05) is 28.9 Å². The van der Waals surface area contributed by atoms with Crippen molar-refractivity contribution in [1.82, 2.24) is 19.6 Å². The maximum Gasteiger partial charge on any atom is 0.236 e.